The van der Waals surface area contributed by atoms with Gasteiger partial charge in [0.05, 0.1) is 32.1 Å². The topological polar surface area (TPSA) is 156 Å². The largest absolute Gasteiger partial charge is 0.493 e. The van der Waals surface area contributed by atoms with Crippen LogP contribution in [0.15, 0.2) is 35.5 Å². The first-order valence-corrected chi connectivity index (χ1v) is 12.0. The van der Waals surface area contributed by atoms with Crippen molar-refractivity contribution >= 4 is 29.3 Å². The number of anilines is 2. The Bertz CT molecular complexity index is 1390. The number of hydrogen-bond acceptors (Lipinski definition) is 10. The SMILES string of the molecule is CCC(Sc1nc(N)c(C#N)c(-c2cc(OC)c(OC)c(OC)c2)c1C#N)C(=O)Nc1ncccc1C. The number of carbonyl (C=O) groups is 1. The van der Waals surface area contributed by atoms with E-state index in [0.717, 1.165) is 17.3 Å². The van der Waals surface area contributed by atoms with Crippen molar-refractivity contribution in [1.82, 2.24) is 9.97 Å². The fourth-order valence-corrected chi connectivity index (χ4v) is 4.69. The maximum absolute atomic E-state index is 13.1. The van der Waals surface area contributed by atoms with Crippen molar-refractivity contribution < 1.29 is 19.0 Å². The molecule has 2 aromatic heterocycles. The van der Waals surface area contributed by atoms with Crippen LogP contribution < -0.4 is 25.3 Å². The number of nitrogens with two attached hydrogens (primary N) is 1. The number of hydrogen-bond donors (Lipinski definition) is 2. The van der Waals surface area contributed by atoms with Crippen LogP contribution in [0.1, 0.15) is 30.0 Å². The van der Waals surface area contributed by atoms with Crippen LogP contribution in [-0.4, -0.2) is 42.5 Å². The zero-order chi connectivity index (χ0) is 27.1. The molecule has 0 saturated heterocycles. The first-order chi connectivity index (χ1) is 17.8. The standard InChI is InChI=1S/C26H26N6O4S/c1-6-20(25(33)32-24-14(2)8-7-9-30-24)37-26-17(13-28)21(16(12-27)23(29)31-26)15-10-18(34-3)22(36-5)19(11-15)35-4/h7-11,20H,6H2,1-5H3,(H2,29,31)(H,30,32,33). The third kappa shape index (κ3) is 5.52. The molecule has 37 heavy (non-hydrogen) atoms. The lowest BCUT2D eigenvalue weighted by Gasteiger charge is -2.19. The Kier molecular flexibility index (Phi) is 8.77. The summed E-state index contributed by atoms with van der Waals surface area (Å²) < 4.78 is 16.3. The number of nitrogens with one attached hydrogen (secondary N) is 1. The quantitative estimate of drug-likeness (QED) is 0.391. The van der Waals surface area contributed by atoms with Crippen LogP contribution in [0.3, 0.4) is 0 Å². The average molecular weight is 519 g/mol. The molecule has 0 fully saturated rings. The van der Waals surface area contributed by atoms with Gasteiger partial charge in [0.1, 0.15) is 34.4 Å². The minimum absolute atomic E-state index is 0.0248. The van der Waals surface area contributed by atoms with E-state index in [9.17, 15) is 15.3 Å². The van der Waals surface area contributed by atoms with Crippen LogP contribution in [0.4, 0.5) is 11.6 Å². The van der Waals surface area contributed by atoms with Crippen LogP contribution in [0.5, 0.6) is 17.2 Å². The van der Waals surface area contributed by atoms with Crippen molar-refractivity contribution in [3.8, 4) is 40.5 Å². The van der Waals surface area contributed by atoms with Gasteiger partial charge in [0.15, 0.2) is 11.5 Å². The highest BCUT2D eigenvalue weighted by atomic mass is 32.2. The van der Waals surface area contributed by atoms with E-state index in [1.165, 1.54) is 21.3 Å². The number of rotatable bonds is 9. The number of nitrogens with zero attached hydrogens (tertiary/aromatic N) is 4. The minimum atomic E-state index is -0.610. The first-order valence-electron chi connectivity index (χ1n) is 11.2. The van der Waals surface area contributed by atoms with Gasteiger partial charge in [-0.25, -0.2) is 9.97 Å². The lowest BCUT2D eigenvalue weighted by atomic mass is 9.96. The van der Waals surface area contributed by atoms with Gasteiger partial charge in [-0.3, -0.25) is 4.79 Å². The summed E-state index contributed by atoms with van der Waals surface area (Å²) in [6.45, 7) is 3.69. The van der Waals surface area contributed by atoms with Crippen LogP contribution >= 0.6 is 11.8 Å². The van der Waals surface area contributed by atoms with Crippen molar-refractivity contribution in [2.24, 2.45) is 0 Å². The zero-order valence-corrected chi connectivity index (χ0v) is 21.9. The Balaban J connectivity index is 2.14. The second kappa shape index (κ2) is 12.0. The Morgan fingerprint density at radius 3 is 2.30 bits per heavy atom. The molecule has 11 heteroatoms. The Labute approximate surface area is 219 Å². The van der Waals surface area contributed by atoms with Gasteiger partial charge in [0.2, 0.25) is 11.7 Å². The smallest absolute Gasteiger partial charge is 0.239 e. The summed E-state index contributed by atoms with van der Waals surface area (Å²) >= 11 is 1.09. The van der Waals surface area contributed by atoms with Gasteiger partial charge in [0, 0.05) is 11.8 Å². The second-order valence-corrected chi connectivity index (χ2v) is 8.93. The lowest BCUT2D eigenvalue weighted by Crippen LogP contribution is -2.25. The van der Waals surface area contributed by atoms with E-state index in [2.05, 4.69) is 21.4 Å². The molecule has 1 aromatic carbocycles. The van der Waals surface area contributed by atoms with Gasteiger partial charge < -0.3 is 25.3 Å². The molecule has 0 aliphatic carbocycles. The van der Waals surface area contributed by atoms with Crippen LogP contribution in [-0.2, 0) is 4.79 Å². The number of methoxy groups -OCH3 is 3. The molecule has 0 saturated carbocycles. The van der Waals surface area contributed by atoms with E-state index in [4.69, 9.17) is 19.9 Å². The van der Waals surface area contributed by atoms with Gasteiger partial charge in [-0.2, -0.15) is 10.5 Å². The zero-order valence-electron chi connectivity index (χ0n) is 21.1. The summed E-state index contributed by atoms with van der Waals surface area (Å²) in [6.07, 6.45) is 2.03. The summed E-state index contributed by atoms with van der Waals surface area (Å²) in [7, 11) is 4.41. The van der Waals surface area contributed by atoms with Gasteiger partial charge in [-0.15, -0.1) is 0 Å². The van der Waals surface area contributed by atoms with Crippen molar-refractivity contribution in [3.05, 3.63) is 47.2 Å². The van der Waals surface area contributed by atoms with Gasteiger partial charge in [-0.1, -0.05) is 24.8 Å². The monoisotopic (exact) mass is 518 g/mol. The van der Waals surface area contributed by atoms with Crippen LogP contribution in [0.25, 0.3) is 11.1 Å². The molecule has 3 rings (SSSR count). The Morgan fingerprint density at radius 2 is 1.78 bits per heavy atom. The van der Waals surface area contributed by atoms with E-state index >= 15 is 0 Å². The van der Waals surface area contributed by atoms with E-state index in [1.54, 1.807) is 24.4 Å². The summed E-state index contributed by atoms with van der Waals surface area (Å²) in [6, 6.07) is 11.1. The van der Waals surface area contributed by atoms with Gasteiger partial charge >= 0.3 is 0 Å². The highest BCUT2D eigenvalue weighted by Gasteiger charge is 2.27. The number of pyridine rings is 2. The number of amides is 1. The molecule has 0 radical (unpaired) electrons. The summed E-state index contributed by atoms with van der Waals surface area (Å²) in [5.74, 6) is 1.13. The molecule has 0 aliphatic heterocycles. The number of nitrogen functional groups attached to an aromatic ring is 1. The molecule has 1 atom stereocenters. The summed E-state index contributed by atoms with van der Waals surface area (Å²) in [4.78, 5) is 21.6. The first kappa shape index (κ1) is 27.1. The molecular formula is C26H26N6O4S. The molecule has 1 unspecified atom stereocenters. The number of benzene rings is 1. The fraction of sp³-hybridized carbons (Fsp3) is 0.269. The summed E-state index contributed by atoms with van der Waals surface area (Å²) in [5, 5.41) is 22.5. The molecule has 0 bridgehead atoms. The Morgan fingerprint density at radius 1 is 1.14 bits per heavy atom. The van der Waals surface area contributed by atoms with Crippen molar-refractivity contribution in [2.75, 3.05) is 32.4 Å². The van der Waals surface area contributed by atoms with E-state index < -0.39 is 5.25 Å². The van der Waals surface area contributed by atoms with Gasteiger partial charge in [0.25, 0.3) is 0 Å². The Hall–Kier alpha value is -4.48. The molecule has 3 aromatic rings. The molecule has 10 nitrogen and oxygen atoms in total. The van der Waals surface area contributed by atoms with Crippen molar-refractivity contribution in [2.45, 2.75) is 30.5 Å². The molecule has 3 N–H and O–H groups in total. The highest BCUT2D eigenvalue weighted by Crippen LogP contribution is 2.44. The molecule has 2 heterocycles. The van der Waals surface area contributed by atoms with Gasteiger partial charge in [-0.05, 0) is 42.7 Å². The predicted octanol–water partition coefficient (Wildman–Crippen LogP) is 4.31. The molecule has 0 spiro atoms. The number of carbonyl (C=O) groups excluding carboxylic acids is 1. The van der Waals surface area contributed by atoms with Crippen LogP contribution in [0, 0.1) is 29.6 Å². The number of aryl methyl sites for hydroxylation is 1. The lowest BCUT2D eigenvalue weighted by molar-refractivity contribution is -0.115. The number of ether oxygens (including phenoxy) is 3. The number of thioether (sulfide) groups is 1. The average Bonchev–Trinajstić information content (AvgIpc) is 2.91. The fourth-order valence-electron chi connectivity index (χ4n) is 3.67. The van der Waals surface area contributed by atoms with E-state index in [0.29, 0.717) is 35.1 Å². The molecule has 190 valence electrons. The van der Waals surface area contributed by atoms with Crippen molar-refractivity contribution in [3.63, 3.8) is 0 Å². The molecule has 0 aliphatic rings. The highest BCUT2D eigenvalue weighted by molar-refractivity contribution is 8.00. The maximum Gasteiger partial charge on any atom is 0.239 e. The number of aromatic nitrogens is 2. The van der Waals surface area contributed by atoms with Crippen LogP contribution in [0.2, 0.25) is 0 Å². The second-order valence-electron chi connectivity index (χ2n) is 7.74. The number of nitriles is 2. The molecular weight excluding hydrogens is 492 g/mol. The van der Waals surface area contributed by atoms with Crippen molar-refractivity contribution in [1.29, 1.82) is 10.5 Å². The third-order valence-electron chi connectivity index (χ3n) is 5.54. The normalized spacial score (nSPS) is 11.1. The summed E-state index contributed by atoms with van der Waals surface area (Å²) in [5.41, 5.74) is 7.82. The predicted molar refractivity (Wildman–Crippen MR) is 141 cm³/mol. The third-order valence-corrected chi connectivity index (χ3v) is 6.89. The maximum atomic E-state index is 13.1. The minimum Gasteiger partial charge on any atom is -0.493 e. The van der Waals surface area contributed by atoms with E-state index in [-0.39, 0.29) is 33.4 Å². The van der Waals surface area contributed by atoms with E-state index in [1.807, 2.05) is 26.0 Å². The molecule has 1 amide bonds.